The average Bonchev–Trinajstić information content (AvgIpc) is 2.43. The van der Waals surface area contributed by atoms with Crippen LogP contribution in [0.25, 0.3) is 0 Å². The number of non-ortho nitro benzene ring substituents is 1. The second kappa shape index (κ2) is 6.24. The fraction of sp³-hybridized carbons (Fsp3) is 0.182. The quantitative estimate of drug-likeness (QED) is 0.371. The van der Waals surface area contributed by atoms with E-state index in [0.717, 1.165) is 0 Å². The zero-order chi connectivity index (χ0) is 14.4. The molecule has 0 aromatic heterocycles. The van der Waals surface area contributed by atoms with Crippen molar-refractivity contribution in [1.82, 2.24) is 5.43 Å². The second-order valence-electron chi connectivity index (χ2n) is 3.63. The van der Waals surface area contributed by atoms with E-state index in [1.807, 2.05) is 0 Å². The fourth-order valence-electron chi connectivity index (χ4n) is 1.09. The number of carbonyl (C=O) groups is 1. The number of hydrogen-bond donors (Lipinski definition) is 2. The molecule has 2 N–H and O–H groups in total. The molecule has 1 amide bonds. The molecule has 0 saturated heterocycles. The zero-order valence-corrected chi connectivity index (χ0v) is 10.3. The standard InChI is InChI=1S/C11H12N4O4/c1-7(8(2)14-17)12-13-11(16)9-3-5-10(6-4-9)15(18)19/h3-6,17H,1-2H3,(H,13,16)/b12-7+,14-8+. The van der Waals surface area contributed by atoms with E-state index in [9.17, 15) is 14.9 Å². The highest BCUT2D eigenvalue weighted by atomic mass is 16.6. The normalized spacial score (nSPS) is 12.1. The van der Waals surface area contributed by atoms with Gasteiger partial charge in [-0.1, -0.05) is 5.16 Å². The number of nitrogens with one attached hydrogen (secondary N) is 1. The molecule has 0 radical (unpaired) electrons. The van der Waals surface area contributed by atoms with E-state index < -0.39 is 10.8 Å². The maximum Gasteiger partial charge on any atom is 0.271 e. The molecular formula is C11H12N4O4. The van der Waals surface area contributed by atoms with Crippen LogP contribution < -0.4 is 5.43 Å². The van der Waals surface area contributed by atoms with Gasteiger partial charge in [-0.3, -0.25) is 14.9 Å². The summed E-state index contributed by atoms with van der Waals surface area (Å²) in [5.74, 6) is -0.514. The van der Waals surface area contributed by atoms with Crippen molar-refractivity contribution >= 4 is 23.0 Å². The van der Waals surface area contributed by atoms with Gasteiger partial charge in [0.2, 0.25) is 0 Å². The lowest BCUT2D eigenvalue weighted by Crippen LogP contribution is -2.21. The summed E-state index contributed by atoms with van der Waals surface area (Å²) < 4.78 is 0. The van der Waals surface area contributed by atoms with E-state index in [4.69, 9.17) is 5.21 Å². The summed E-state index contributed by atoms with van der Waals surface area (Å²) in [6.07, 6.45) is 0. The number of hydrazone groups is 1. The smallest absolute Gasteiger partial charge is 0.271 e. The average molecular weight is 264 g/mol. The Morgan fingerprint density at radius 1 is 1.26 bits per heavy atom. The van der Waals surface area contributed by atoms with Crippen LogP contribution in [0.5, 0.6) is 0 Å². The molecule has 8 nitrogen and oxygen atoms in total. The third-order valence-corrected chi connectivity index (χ3v) is 2.34. The molecule has 1 aromatic carbocycles. The van der Waals surface area contributed by atoms with Gasteiger partial charge in [0.25, 0.3) is 11.6 Å². The van der Waals surface area contributed by atoms with Gasteiger partial charge in [0.1, 0.15) is 0 Å². The molecule has 0 aliphatic heterocycles. The molecule has 0 atom stereocenters. The summed E-state index contributed by atoms with van der Waals surface area (Å²) in [6.45, 7) is 3.09. The SMILES string of the molecule is CC(=N\O)/C(C)=N/NC(=O)c1ccc([N+](=O)[O-])cc1. The number of benzene rings is 1. The number of rotatable bonds is 4. The molecule has 0 aliphatic carbocycles. The highest BCUT2D eigenvalue weighted by molar-refractivity contribution is 6.40. The monoisotopic (exact) mass is 264 g/mol. The van der Waals surface area contributed by atoms with Crippen molar-refractivity contribution in [2.24, 2.45) is 10.3 Å². The predicted octanol–water partition coefficient (Wildman–Crippen LogP) is 1.55. The van der Waals surface area contributed by atoms with Gasteiger partial charge in [0.05, 0.1) is 16.3 Å². The molecule has 8 heteroatoms. The molecule has 0 heterocycles. The minimum absolute atomic E-state index is 0.0977. The lowest BCUT2D eigenvalue weighted by atomic mass is 10.2. The van der Waals surface area contributed by atoms with E-state index in [-0.39, 0.29) is 17.0 Å². The number of nitro benzene ring substituents is 1. The van der Waals surface area contributed by atoms with Crippen molar-refractivity contribution in [2.45, 2.75) is 13.8 Å². The molecule has 0 fully saturated rings. The van der Waals surface area contributed by atoms with Crippen LogP contribution in [-0.2, 0) is 0 Å². The molecule has 0 aliphatic rings. The zero-order valence-electron chi connectivity index (χ0n) is 10.3. The summed E-state index contributed by atoms with van der Waals surface area (Å²) in [5, 5.41) is 25.6. The summed E-state index contributed by atoms with van der Waals surface area (Å²) in [7, 11) is 0. The van der Waals surface area contributed by atoms with Crippen LogP contribution in [0.4, 0.5) is 5.69 Å². The maximum absolute atomic E-state index is 11.7. The largest absolute Gasteiger partial charge is 0.411 e. The van der Waals surface area contributed by atoms with Gasteiger partial charge >= 0.3 is 0 Å². The van der Waals surface area contributed by atoms with Gasteiger partial charge in [-0.15, -0.1) is 0 Å². The van der Waals surface area contributed by atoms with Crippen molar-refractivity contribution in [3.63, 3.8) is 0 Å². The van der Waals surface area contributed by atoms with E-state index >= 15 is 0 Å². The van der Waals surface area contributed by atoms with Gasteiger partial charge in [-0.25, -0.2) is 5.43 Å². The highest BCUT2D eigenvalue weighted by Gasteiger charge is 2.09. The molecule has 0 saturated carbocycles. The van der Waals surface area contributed by atoms with Gasteiger partial charge < -0.3 is 5.21 Å². The Balaban J connectivity index is 2.77. The summed E-state index contributed by atoms with van der Waals surface area (Å²) in [6, 6.07) is 5.11. The Kier molecular flexibility index (Phi) is 4.69. The molecule has 100 valence electrons. The minimum Gasteiger partial charge on any atom is -0.411 e. The Hall–Kier alpha value is -2.77. The van der Waals surface area contributed by atoms with Gasteiger partial charge in [-0.2, -0.15) is 5.10 Å². The number of amides is 1. The molecule has 0 bridgehead atoms. The number of carbonyl (C=O) groups excluding carboxylic acids is 1. The summed E-state index contributed by atoms with van der Waals surface area (Å²) in [4.78, 5) is 21.6. The van der Waals surface area contributed by atoms with E-state index in [0.29, 0.717) is 5.71 Å². The fourth-order valence-corrected chi connectivity index (χ4v) is 1.09. The molecule has 19 heavy (non-hydrogen) atoms. The third kappa shape index (κ3) is 3.87. The van der Waals surface area contributed by atoms with Crippen LogP contribution in [-0.4, -0.2) is 27.5 Å². The van der Waals surface area contributed by atoms with Gasteiger partial charge in [-0.05, 0) is 26.0 Å². The lowest BCUT2D eigenvalue weighted by molar-refractivity contribution is -0.384. The molecule has 0 spiro atoms. The number of nitrogens with zero attached hydrogens (tertiary/aromatic N) is 3. The Morgan fingerprint density at radius 2 is 1.84 bits per heavy atom. The van der Waals surface area contributed by atoms with Crippen molar-refractivity contribution < 1.29 is 14.9 Å². The highest BCUT2D eigenvalue weighted by Crippen LogP contribution is 2.11. The molecule has 1 rings (SSSR count). The van der Waals surface area contributed by atoms with E-state index in [1.165, 1.54) is 31.2 Å². The predicted molar refractivity (Wildman–Crippen MR) is 68.6 cm³/mol. The topological polar surface area (TPSA) is 117 Å². The number of nitro groups is 1. The van der Waals surface area contributed by atoms with Crippen LogP contribution >= 0.6 is 0 Å². The lowest BCUT2D eigenvalue weighted by Gasteiger charge is -2.01. The maximum atomic E-state index is 11.7. The first-order chi connectivity index (χ1) is 8.95. The van der Waals surface area contributed by atoms with Crippen LogP contribution in [0.15, 0.2) is 34.5 Å². The first-order valence-electron chi connectivity index (χ1n) is 5.24. The van der Waals surface area contributed by atoms with E-state index in [2.05, 4.69) is 15.7 Å². The van der Waals surface area contributed by atoms with Crippen LogP contribution in [0.1, 0.15) is 24.2 Å². The van der Waals surface area contributed by atoms with Gasteiger partial charge in [0.15, 0.2) is 0 Å². The van der Waals surface area contributed by atoms with Crippen LogP contribution in [0.2, 0.25) is 0 Å². The minimum atomic E-state index is -0.551. The summed E-state index contributed by atoms with van der Waals surface area (Å²) in [5.41, 5.74) is 3.00. The Morgan fingerprint density at radius 3 is 2.32 bits per heavy atom. The molecule has 1 aromatic rings. The van der Waals surface area contributed by atoms with Crippen molar-refractivity contribution in [2.75, 3.05) is 0 Å². The molecule has 0 unspecified atom stereocenters. The Bertz CT molecular complexity index is 548. The second-order valence-corrected chi connectivity index (χ2v) is 3.63. The van der Waals surface area contributed by atoms with Crippen molar-refractivity contribution in [3.05, 3.63) is 39.9 Å². The Labute approximate surface area is 108 Å². The van der Waals surface area contributed by atoms with E-state index in [1.54, 1.807) is 6.92 Å². The van der Waals surface area contributed by atoms with Crippen LogP contribution in [0.3, 0.4) is 0 Å². The van der Waals surface area contributed by atoms with Crippen molar-refractivity contribution in [3.8, 4) is 0 Å². The summed E-state index contributed by atoms with van der Waals surface area (Å²) >= 11 is 0. The van der Waals surface area contributed by atoms with Crippen LogP contribution in [0, 0.1) is 10.1 Å². The van der Waals surface area contributed by atoms with Gasteiger partial charge in [0, 0.05) is 17.7 Å². The first kappa shape index (κ1) is 14.3. The number of hydrogen-bond acceptors (Lipinski definition) is 6. The number of oxime groups is 1. The third-order valence-electron chi connectivity index (χ3n) is 2.34. The molecular weight excluding hydrogens is 252 g/mol. The first-order valence-corrected chi connectivity index (χ1v) is 5.24. The van der Waals surface area contributed by atoms with Crippen molar-refractivity contribution in [1.29, 1.82) is 0 Å².